The molecule has 0 spiro atoms. The van der Waals surface area contributed by atoms with Crippen molar-refractivity contribution in [2.45, 2.75) is 0 Å². The van der Waals surface area contributed by atoms with Gasteiger partial charge in [0, 0.05) is 134 Å². The highest BCUT2D eigenvalue weighted by Crippen LogP contribution is 2.51. The van der Waals surface area contributed by atoms with Crippen LogP contribution in [0.2, 0.25) is 0 Å². The van der Waals surface area contributed by atoms with E-state index in [1.54, 1.807) is 0 Å². The van der Waals surface area contributed by atoms with Gasteiger partial charge in [-0.15, -0.1) is 0 Å². The zero-order valence-electron chi connectivity index (χ0n) is 37.5. The first-order chi connectivity index (χ1) is 31.0. The highest BCUT2D eigenvalue weighted by molar-refractivity contribution is 6.46. The van der Waals surface area contributed by atoms with Crippen LogP contribution in [0, 0.1) is 47.4 Å². The molecule has 64 heavy (non-hydrogen) atoms. The molecular weight excluding hydrogens is 777 g/mol. The van der Waals surface area contributed by atoms with E-state index in [9.17, 15) is 0 Å². The molecule has 0 aromatic heterocycles. The van der Waals surface area contributed by atoms with Gasteiger partial charge in [-0.3, -0.25) is 0 Å². The Morgan fingerprint density at radius 1 is 0.234 bits per heavy atom. The van der Waals surface area contributed by atoms with Crippen molar-refractivity contribution in [2.75, 3.05) is 76.0 Å². The summed E-state index contributed by atoms with van der Waals surface area (Å²) in [6, 6.07) is 47.2. The van der Waals surface area contributed by atoms with E-state index in [0.29, 0.717) is 0 Å². The molecule has 10 rings (SSSR count). The molecule has 0 radical (unpaired) electrons. The van der Waals surface area contributed by atoms with Crippen molar-refractivity contribution >= 4 is 76.6 Å². The van der Waals surface area contributed by atoms with Crippen molar-refractivity contribution < 1.29 is 0 Å². The number of hydrogen-bond donors (Lipinski definition) is 0. The summed E-state index contributed by atoms with van der Waals surface area (Å²) >= 11 is 0. The summed E-state index contributed by atoms with van der Waals surface area (Å²) in [5.41, 5.74) is 12.1. The molecule has 0 aliphatic heterocycles. The highest BCUT2D eigenvalue weighted by atomic mass is 15.1. The van der Waals surface area contributed by atoms with E-state index < -0.39 is 0 Å². The van der Waals surface area contributed by atoms with Gasteiger partial charge in [0.25, 0.3) is 0 Å². The Morgan fingerprint density at radius 3 is 0.688 bits per heavy atom. The quantitative estimate of drug-likeness (QED) is 0.129. The standard InChI is InChI=1S/C60H46N4/c1-61(2)44-23-9-39(10-24-44)17-31-48-50(33-19-41-13-27-46(28-14-41)63(5)6)54-37-38-55-51(34-20-42-15-29-47(30-16-42)64(7)8)49(32-18-40-11-25-45(26-12-40)62(3)4)53-36-22-43-21-35-52(48)57-56(43)58(53)60(55)59(54)57/h9-16,21-30,35-38H,1-8H3. The van der Waals surface area contributed by atoms with E-state index in [4.69, 9.17) is 0 Å². The van der Waals surface area contributed by atoms with Gasteiger partial charge in [-0.25, -0.2) is 0 Å². The molecule has 0 heterocycles. The van der Waals surface area contributed by atoms with E-state index in [1.165, 1.54) is 32.3 Å². The molecule has 0 saturated carbocycles. The van der Waals surface area contributed by atoms with Crippen LogP contribution in [-0.2, 0) is 0 Å². The molecule has 0 bridgehead atoms. The summed E-state index contributed by atoms with van der Waals surface area (Å²) < 4.78 is 0. The minimum atomic E-state index is 0.928. The largest absolute Gasteiger partial charge is 0.378 e. The van der Waals surface area contributed by atoms with Gasteiger partial charge in [0.2, 0.25) is 0 Å². The number of rotatable bonds is 4. The van der Waals surface area contributed by atoms with E-state index in [2.05, 4.69) is 257 Å². The molecule has 0 fully saturated rings. The second-order valence-corrected chi connectivity index (χ2v) is 17.3. The van der Waals surface area contributed by atoms with E-state index in [1.807, 2.05) is 0 Å². The van der Waals surface area contributed by atoms with Gasteiger partial charge in [0.05, 0.1) is 0 Å². The van der Waals surface area contributed by atoms with Gasteiger partial charge < -0.3 is 19.6 Å². The highest BCUT2D eigenvalue weighted by Gasteiger charge is 2.26. The third-order valence-electron chi connectivity index (χ3n) is 12.3. The molecule has 4 nitrogen and oxygen atoms in total. The lowest BCUT2D eigenvalue weighted by atomic mass is 9.89. The van der Waals surface area contributed by atoms with Crippen LogP contribution in [0.15, 0.2) is 133 Å². The Morgan fingerprint density at radius 2 is 0.453 bits per heavy atom. The molecule has 0 amide bonds. The predicted octanol–water partition coefficient (Wildman–Crippen LogP) is 11.6. The molecule has 306 valence electrons. The van der Waals surface area contributed by atoms with Crippen LogP contribution in [0.5, 0.6) is 0 Å². The summed E-state index contributed by atoms with van der Waals surface area (Å²) in [5, 5.41) is 11.6. The van der Waals surface area contributed by atoms with Gasteiger partial charge in [-0.05, 0) is 140 Å². The summed E-state index contributed by atoms with van der Waals surface area (Å²) in [5.74, 6) is 28.9. The fourth-order valence-electron chi connectivity index (χ4n) is 8.86. The van der Waals surface area contributed by atoms with E-state index >= 15 is 0 Å². The van der Waals surface area contributed by atoms with Crippen molar-refractivity contribution in [1.82, 2.24) is 0 Å². The summed E-state index contributed by atoms with van der Waals surface area (Å²) in [6.07, 6.45) is 0. The minimum absolute atomic E-state index is 0.928. The monoisotopic (exact) mass is 822 g/mol. The Bertz CT molecular complexity index is 3400. The molecule has 0 aliphatic carbocycles. The molecule has 0 N–H and O–H groups in total. The first kappa shape index (κ1) is 39.8. The normalized spacial score (nSPS) is 10.9. The Labute approximate surface area is 376 Å². The van der Waals surface area contributed by atoms with Crippen molar-refractivity contribution in [3.8, 4) is 47.4 Å². The molecule has 0 saturated heterocycles. The second kappa shape index (κ2) is 15.9. The van der Waals surface area contributed by atoms with Crippen molar-refractivity contribution in [2.24, 2.45) is 0 Å². The minimum Gasteiger partial charge on any atom is -0.378 e. The number of nitrogens with zero attached hydrogens (tertiary/aromatic N) is 4. The Kier molecular flexibility index (Phi) is 9.88. The Hall–Kier alpha value is -8.28. The summed E-state index contributed by atoms with van der Waals surface area (Å²) in [6.45, 7) is 0. The van der Waals surface area contributed by atoms with Crippen molar-refractivity contribution in [1.29, 1.82) is 0 Å². The lowest BCUT2D eigenvalue weighted by Crippen LogP contribution is -2.07. The molecule has 0 unspecified atom stereocenters. The van der Waals surface area contributed by atoms with Crippen LogP contribution >= 0.6 is 0 Å². The predicted molar refractivity (Wildman–Crippen MR) is 275 cm³/mol. The van der Waals surface area contributed by atoms with Crippen LogP contribution < -0.4 is 19.6 Å². The van der Waals surface area contributed by atoms with E-state index in [0.717, 1.165) is 88.8 Å². The average Bonchev–Trinajstić information content (AvgIpc) is 3.67. The first-order valence-corrected chi connectivity index (χ1v) is 21.5. The number of anilines is 4. The molecule has 0 aliphatic rings. The lowest BCUT2D eigenvalue weighted by Gasteiger charge is -2.13. The fraction of sp³-hybridized carbons (Fsp3) is 0.133. The van der Waals surface area contributed by atoms with Gasteiger partial charge in [-0.1, -0.05) is 83.8 Å². The fourth-order valence-corrected chi connectivity index (χ4v) is 8.86. The van der Waals surface area contributed by atoms with E-state index in [-0.39, 0.29) is 0 Å². The molecule has 0 atom stereocenters. The summed E-state index contributed by atoms with van der Waals surface area (Å²) in [7, 11) is 16.4. The molecule has 4 heteroatoms. The van der Waals surface area contributed by atoms with Crippen LogP contribution in [0.25, 0.3) is 53.9 Å². The van der Waals surface area contributed by atoms with Gasteiger partial charge in [0.1, 0.15) is 0 Å². The maximum absolute atomic E-state index is 3.69. The Balaban J connectivity index is 1.27. The van der Waals surface area contributed by atoms with Gasteiger partial charge in [-0.2, -0.15) is 0 Å². The average molecular weight is 823 g/mol. The maximum Gasteiger partial charge on any atom is 0.0490 e. The van der Waals surface area contributed by atoms with Crippen molar-refractivity contribution in [3.63, 3.8) is 0 Å². The van der Waals surface area contributed by atoms with Crippen molar-refractivity contribution in [3.05, 3.63) is 178 Å². The third kappa shape index (κ3) is 6.94. The molecule has 10 aromatic rings. The van der Waals surface area contributed by atoms with Crippen LogP contribution in [0.1, 0.15) is 44.5 Å². The third-order valence-corrected chi connectivity index (χ3v) is 12.3. The SMILES string of the molecule is CN(C)c1ccc(C#Cc2c(C#Cc3ccc(N(C)C)cc3)c3ccc4c(C#Cc5ccc(N(C)C)cc5)c(C#Cc5ccc(N(C)C)cc5)c5ccc6ccc2c2c6c5c4c32)cc1. The number of hydrogen-bond acceptors (Lipinski definition) is 4. The van der Waals surface area contributed by atoms with Gasteiger partial charge in [0.15, 0.2) is 0 Å². The zero-order valence-corrected chi connectivity index (χ0v) is 37.5. The first-order valence-electron chi connectivity index (χ1n) is 21.5. The molecule has 10 aromatic carbocycles. The maximum atomic E-state index is 3.69. The van der Waals surface area contributed by atoms with Crippen LogP contribution in [0.4, 0.5) is 22.7 Å². The summed E-state index contributed by atoms with van der Waals surface area (Å²) in [4.78, 5) is 8.41. The zero-order chi connectivity index (χ0) is 44.2. The second-order valence-electron chi connectivity index (χ2n) is 17.3. The number of benzene rings is 9. The van der Waals surface area contributed by atoms with Crippen LogP contribution in [-0.4, -0.2) is 56.4 Å². The topological polar surface area (TPSA) is 13.0 Å². The smallest absolute Gasteiger partial charge is 0.0490 e. The lowest BCUT2D eigenvalue weighted by molar-refractivity contribution is 1.13. The van der Waals surface area contributed by atoms with Crippen LogP contribution in [0.3, 0.4) is 0 Å². The molecular formula is C60H46N4. The van der Waals surface area contributed by atoms with Gasteiger partial charge >= 0.3 is 0 Å².